The second-order valence-corrected chi connectivity index (χ2v) is 5.03. The maximum atomic E-state index is 3.70. The Bertz CT molecular complexity index is 500. The van der Waals surface area contributed by atoms with Gasteiger partial charge >= 0.3 is 0 Å². The number of aryl methyl sites for hydroxylation is 4. The fraction of sp³-hybridized carbons (Fsp3) is 0.250. The molecular weight excluding hydrogens is 206 g/mol. The van der Waals surface area contributed by atoms with Crippen LogP contribution in [0.3, 0.4) is 0 Å². The average Bonchev–Trinajstić information content (AvgIpc) is 2.67. The summed E-state index contributed by atoms with van der Waals surface area (Å²) in [5, 5.41) is 3.70. The lowest BCUT2D eigenvalue weighted by Gasteiger charge is -2.12. The minimum atomic E-state index is 1.16. The quantitative estimate of drug-likeness (QED) is 0.716. The van der Waals surface area contributed by atoms with E-state index in [1.54, 1.807) is 0 Å². The van der Waals surface area contributed by atoms with E-state index in [-0.39, 0.29) is 0 Å². The molecule has 0 aromatic heterocycles. The maximum absolute atomic E-state index is 3.70. The highest BCUT2D eigenvalue weighted by atomic mass is 14.9. The lowest BCUT2D eigenvalue weighted by atomic mass is 9.95. The zero-order valence-corrected chi connectivity index (χ0v) is 9.79. The van der Waals surface area contributed by atoms with Crippen LogP contribution in [0.1, 0.15) is 22.3 Å². The average molecular weight is 221 g/mol. The molecule has 0 amide bonds. The zero-order chi connectivity index (χ0) is 11.2. The van der Waals surface area contributed by atoms with Crippen molar-refractivity contribution in [1.82, 2.24) is 0 Å². The van der Waals surface area contributed by atoms with E-state index in [9.17, 15) is 0 Å². The molecule has 0 atom stereocenters. The largest absolute Gasteiger partial charge is 0.355 e. The summed E-state index contributed by atoms with van der Waals surface area (Å²) in [6.45, 7) is 0. The summed E-state index contributed by atoms with van der Waals surface area (Å²) in [5.41, 5.74) is 8.68. The molecule has 1 nitrogen and oxygen atoms in total. The highest BCUT2D eigenvalue weighted by molar-refractivity contribution is 5.75. The third-order valence-corrected chi connectivity index (χ3v) is 4.05. The van der Waals surface area contributed by atoms with Crippen LogP contribution in [0.5, 0.6) is 0 Å². The molecule has 1 heteroatoms. The fourth-order valence-electron chi connectivity index (χ4n) is 3.12. The van der Waals surface area contributed by atoms with Gasteiger partial charge in [-0.25, -0.2) is 0 Å². The molecule has 2 aliphatic heterocycles. The molecule has 2 aliphatic rings. The van der Waals surface area contributed by atoms with Crippen molar-refractivity contribution in [3.63, 3.8) is 0 Å². The van der Waals surface area contributed by atoms with Crippen LogP contribution in [0.2, 0.25) is 0 Å². The third-order valence-electron chi connectivity index (χ3n) is 4.05. The number of benzene rings is 2. The smallest absolute Gasteiger partial charge is 0.0449 e. The monoisotopic (exact) mass is 221 g/mol. The Labute approximate surface area is 101 Å². The lowest BCUT2D eigenvalue weighted by Crippen LogP contribution is -1.96. The molecule has 2 heterocycles. The molecule has 0 aliphatic carbocycles. The van der Waals surface area contributed by atoms with Crippen molar-refractivity contribution < 1.29 is 0 Å². The Morgan fingerprint density at radius 2 is 0.941 bits per heavy atom. The van der Waals surface area contributed by atoms with Crippen LogP contribution < -0.4 is 5.32 Å². The van der Waals surface area contributed by atoms with Crippen LogP contribution in [-0.4, -0.2) is 0 Å². The highest BCUT2D eigenvalue weighted by Crippen LogP contribution is 2.37. The molecule has 17 heavy (non-hydrogen) atoms. The van der Waals surface area contributed by atoms with E-state index in [1.165, 1.54) is 33.6 Å². The van der Waals surface area contributed by atoms with Gasteiger partial charge in [0.2, 0.25) is 0 Å². The number of hydrogen-bond donors (Lipinski definition) is 1. The Morgan fingerprint density at radius 3 is 1.29 bits per heavy atom. The van der Waals surface area contributed by atoms with E-state index in [4.69, 9.17) is 0 Å². The van der Waals surface area contributed by atoms with Crippen LogP contribution in [-0.2, 0) is 25.7 Å². The lowest BCUT2D eigenvalue weighted by molar-refractivity contribution is 0.932. The van der Waals surface area contributed by atoms with E-state index in [0.717, 1.165) is 25.7 Å². The Balaban J connectivity index is 2.02. The first kappa shape index (κ1) is 9.29. The first-order valence-electron chi connectivity index (χ1n) is 6.40. The number of rotatable bonds is 0. The Hall–Kier alpha value is -1.76. The molecular formula is C16H15N. The maximum Gasteiger partial charge on any atom is 0.0449 e. The van der Waals surface area contributed by atoms with E-state index in [1.807, 2.05) is 0 Å². The van der Waals surface area contributed by atoms with Crippen molar-refractivity contribution in [3.05, 3.63) is 58.7 Å². The summed E-state index contributed by atoms with van der Waals surface area (Å²) >= 11 is 0. The van der Waals surface area contributed by atoms with Gasteiger partial charge in [0.05, 0.1) is 0 Å². The van der Waals surface area contributed by atoms with Crippen molar-refractivity contribution in [3.8, 4) is 0 Å². The second kappa shape index (κ2) is 3.36. The van der Waals surface area contributed by atoms with Gasteiger partial charge in [-0.3, -0.25) is 0 Å². The molecule has 4 rings (SSSR count). The van der Waals surface area contributed by atoms with Gasteiger partial charge in [-0.15, -0.1) is 0 Å². The van der Waals surface area contributed by atoms with E-state index in [0.29, 0.717) is 0 Å². The van der Waals surface area contributed by atoms with Crippen molar-refractivity contribution in [1.29, 1.82) is 0 Å². The van der Waals surface area contributed by atoms with E-state index >= 15 is 0 Å². The minimum Gasteiger partial charge on any atom is -0.355 e. The molecule has 84 valence electrons. The van der Waals surface area contributed by atoms with Gasteiger partial charge in [-0.2, -0.15) is 0 Å². The highest BCUT2D eigenvalue weighted by Gasteiger charge is 2.20. The van der Waals surface area contributed by atoms with Crippen molar-refractivity contribution in [2.24, 2.45) is 0 Å². The SMILES string of the molecule is c1cc2c3c(c1)CCc1cccc(c1N3)CC2. The topological polar surface area (TPSA) is 12.0 Å². The molecule has 0 radical (unpaired) electrons. The number of nitrogens with one attached hydrogen (secondary N) is 1. The van der Waals surface area contributed by atoms with Gasteiger partial charge in [0.15, 0.2) is 0 Å². The van der Waals surface area contributed by atoms with Gasteiger partial charge < -0.3 is 5.32 Å². The third kappa shape index (κ3) is 1.32. The molecule has 0 spiro atoms. The summed E-state index contributed by atoms with van der Waals surface area (Å²) in [5.74, 6) is 0. The fourth-order valence-corrected chi connectivity index (χ4v) is 3.12. The summed E-state index contributed by atoms with van der Waals surface area (Å²) in [7, 11) is 0. The number of anilines is 2. The van der Waals surface area contributed by atoms with Crippen LogP contribution >= 0.6 is 0 Å². The Morgan fingerprint density at radius 1 is 0.588 bits per heavy atom. The summed E-state index contributed by atoms with van der Waals surface area (Å²) in [6.07, 6.45) is 4.64. The minimum absolute atomic E-state index is 1.16. The van der Waals surface area contributed by atoms with Crippen LogP contribution in [0.25, 0.3) is 0 Å². The van der Waals surface area contributed by atoms with E-state index < -0.39 is 0 Å². The number of para-hydroxylation sites is 2. The van der Waals surface area contributed by atoms with Gasteiger partial charge in [0.1, 0.15) is 0 Å². The molecule has 0 saturated carbocycles. The molecule has 0 saturated heterocycles. The molecule has 2 aromatic rings. The first-order valence-corrected chi connectivity index (χ1v) is 6.40. The normalized spacial score (nSPS) is 15.8. The zero-order valence-electron chi connectivity index (χ0n) is 9.79. The van der Waals surface area contributed by atoms with Crippen LogP contribution in [0.15, 0.2) is 36.4 Å². The standard InChI is InChI=1S/C16H15N/c1-3-11-7-9-13-5-2-6-14-10-8-12(4-1)15(11)17-16(13)14/h1-6,17H,7-10H2. The number of hydrogen-bond acceptors (Lipinski definition) is 1. The predicted octanol–water partition coefficient (Wildman–Crippen LogP) is 3.63. The molecule has 0 unspecified atom stereocenters. The van der Waals surface area contributed by atoms with Crippen LogP contribution in [0, 0.1) is 0 Å². The van der Waals surface area contributed by atoms with Gasteiger partial charge in [-0.1, -0.05) is 36.4 Å². The van der Waals surface area contributed by atoms with Crippen LogP contribution in [0.4, 0.5) is 11.4 Å². The molecule has 2 bridgehead atoms. The summed E-state index contributed by atoms with van der Waals surface area (Å²) in [4.78, 5) is 0. The summed E-state index contributed by atoms with van der Waals surface area (Å²) in [6, 6.07) is 13.5. The van der Waals surface area contributed by atoms with Crippen molar-refractivity contribution in [2.45, 2.75) is 25.7 Å². The first-order chi connectivity index (χ1) is 8.42. The second-order valence-electron chi connectivity index (χ2n) is 5.03. The summed E-state index contributed by atoms with van der Waals surface area (Å²) < 4.78 is 0. The van der Waals surface area contributed by atoms with Crippen molar-refractivity contribution >= 4 is 11.4 Å². The van der Waals surface area contributed by atoms with Gasteiger partial charge in [-0.05, 0) is 47.9 Å². The molecule has 0 fully saturated rings. The Kier molecular flexibility index (Phi) is 1.84. The van der Waals surface area contributed by atoms with Gasteiger partial charge in [0, 0.05) is 11.4 Å². The molecule has 1 N–H and O–H groups in total. The van der Waals surface area contributed by atoms with E-state index in [2.05, 4.69) is 41.7 Å². The van der Waals surface area contributed by atoms with Gasteiger partial charge in [0.25, 0.3) is 0 Å². The predicted molar refractivity (Wildman–Crippen MR) is 71.0 cm³/mol. The van der Waals surface area contributed by atoms with Crippen molar-refractivity contribution in [2.75, 3.05) is 5.32 Å². The molecule has 2 aromatic carbocycles.